The second-order valence-electron chi connectivity index (χ2n) is 4.64. The van der Waals surface area contributed by atoms with E-state index < -0.39 is 5.60 Å². The number of nitrogens with zero attached hydrogens (tertiary/aromatic N) is 1. The number of pyridine rings is 1. The number of rotatable bonds is 1. The number of hydrogen-bond donors (Lipinski definition) is 2. The summed E-state index contributed by atoms with van der Waals surface area (Å²) in [7, 11) is 0. The maximum absolute atomic E-state index is 10.5. The van der Waals surface area contributed by atoms with Gasteiger partial charge < -0.3 is 10.8 Å². The molecular weight excluding hydrogens is 188 g/mol. The van der Waals surface area contributed by atoms with Crippen molar-refractivity contribution in [2.24, 2.45) is 5.73 Å². The van der Waals surface area contributed by atoms with E-state index in [1.54, 1.807) is 12.4 Å². The molecule has 1 fully saturated rings. The Bertz CT molecular complexity index is 353. The van der Waals surface area contributed by atoms with Gasteiger partial charge in [-0.15, -0.1) is 0 Å². The molecule has 2 unspecified atom stereocenters. The Morgan fingerprint density at radius 3 is 3.00 bits per heavy atom. The lowest BCUT2D eigenvalue weighted by atomic mass is 9.78. The number of nitrogens with two attached hydrogens (primary N) is 1. The van der Waals surface area contributed by atoms with Crippen molar-refractivity contribution in [2.45, 2.75) is 44.2 Å². The molecule has 0 aromatic carbocycles. The van der Waals surface area contributed by atoms with Gasteiger partial charge in [-0.2, -0.15) is 0 Å². The Morgan fingerprint density at radius 2 is 2.33 bits per heavy atom. The van der Waals surface area contributed by atoms with Crippen LogP contribution in [0, 0.1) is 6.92 Å². The first-order chi connectivity index (χ1) is 7.10. The summed E-state index contributed by atoms with van der Waals surface area (Å²) in [5.74, 6) is 0. The highest BCUT2D eigenvalue weighted by atomic mass is 16.3. The summed E-state index contributed by atoms with van der Waals surface area (Å²) in [4.78, 5) is 4.13. The van der Waals surface area contributed by atoms with Crippen LogP contribution in [0.5, 0.6) is 0 Å². The van der Waals surface area contributed by atoms with Gasteiger partial charge in [0.1, 0.15) is 0 Å². The van der Waals surface area contributed by atoms with Crippen molar-refractivity contribution in [3.8, 4) is 0 Å². The third kappa shape index (κ3) is 2.19. The van der Waals surface area contributed by atoms with E-state index in [1.807, 2.05) is 13.0 Å². The average molecular weight is 206 g/mol. The molecule has 1 aliphatic carbocycles. The predicted molar refractivity (Wildman–Crippen MR) is 59.3 cm³/mol. The van der Waals surface area contributed by atoms with E-state index in [-0.39, 0.29) is 6.04 Å². The molecule has 3 N–H and O–H groups in total. The van der Waals surface area contributed by atoms with Crippen molar-refractivity contribution in [3.63, 3.8) is 0 Å². The molecule has 82 valence electrons. The van der Waals surface area contributed by atoms with Gasteiger partial charge in [-0.3, -0.25) is 4.98 Å². The Hall–Kier alpha value is -0.930. The minimum absolute atomic E-state index is 0.115. The lowest BCUT2D eigenvalue weighted by Gasteiger charge is -2.35. The summed E-state index contributed by atoms with van der Waals surface area (Å²) in [6.45, 7) is 1.99. The Morgan fingerprint density at radius 1 is 1.53 bits per heavy atom. The van der Waals surface area contributed by atoms with Crippen LogP contribution in [0.1, 0.15) is 36.8 Å². The summed E-state index contributed by atoms with van der Waals surface area (Å²) in [6, 6.07) is 2.12. The summed E-state index contributed by atoms with van der Waals surface area (Å²) < 4.78 is 0. The molecule has 0 saturated heterocycles. The monoisotopic (exact) mass is 206 g/mol. The van der Waals surface area contributed by atoms with Gasteiger partial charge in [-0.05, 0) is 38.2 Å². The van der Waals surface area contributed by atoms with Crippen molar-refractivity contribution in [3.05, 3.63) is 29.6 Å². The molecule has 1 aliphatic rings. The maximum Gasteiger partial charge on any atom is 0.0926 e. The standard InChI is InChI=1S/C12H18N2O/c1-9-5-10(8-14-7-9)12(15)4-2-3-11(13)6-12/h5,7-8,11,15H,2-4,6,13H2,1H3. The first-order valence-electron chi connectivity index (χ1n) is 5.50. The van der Waals surface area contributed by atoms with Gasteiger partial charge in [0.25, 0.3) is 0 Å². The fourth-order valence-electron chi connectivity index (χ4n) is 2.37. The summed E-state index contributed by atoms with van der Waals surface area (Å²) in [5.41, 5.74) is 7.15. The van der Waals surface area contributed by atoms with Crippen molar-refractivity contribution >= 4 is 0 Å². The second-order valence-corrected chi connectivity index (χ2v) is 4.64. The van der Waals surface area contributed by atoms with E-state index in [0.29, 0.717) is 6.42 Å². The SMILES string of the molecule is Cc1cncc(C2(O)CCCC(N)C2)c1. The second kappa shape index (κ2) is 3.91. The molecular formula is C12H18N2O. The highest BCUT2D eigenvalue weighted by molar-refractivity contribution is 5.24. The van der Waals surface area contributed by atoms with Crippen molar-refractivity contribution in [1.82, 2.24) is 4.98 Å². The zero-order chi connectivity index (χ0) is 10.9. The van der Waals surface area contributed by atoms with E-state index in [4.69, 9.17) is 5.73 Å². The van der Waals surface area contributed by atoms with Gasteiger partial charge in [0.2, 0.25) is 0 Å². The van der Waals surface area contributed by atoms with E-state index in [9.17, 15) is 5.11 Å². The highest BCUT2D eigenvalue weighted by Crippen LogP contribution is 2.36. The van der Waals surface area contributed by atoms with Gasteiger partial charge in [-0.1, -0.05) is 6.07 Å². The molecule has 3 heteroatoms. The number of hydrogen-bond acceptors (Lipinski definition) is 3. The molecule has 1 saturated carbocycles. The van der Waals surface area contributed by atoms with E-state index in [0.717, 1.165) is 30.4 Å². The molecule has 0 aliphatic heterocycles. The van der Waals surface area contributed by atoms with Gasteiger partial charge in [0.05, 0.1) is 5.60 Å². The van der Waals surface area contributed by atoms with Crippen LogP contribution in [-0.2, 0) is 5.60 Å². The minimum Gasteiger partial charge on any atom is -0.385 e. The largest absolute Gasteiger partial charge is 0.385 e. The molecule has 0 radical (unpaired) electrons. The van der Waals surface area contributed by atoms with Crippen molar-refractivity contribution in [1.29, 1.82) is 0 Å². The molecule has 1 heterocycles. The first-order valence-corrected chi connectivity index (χ1v) is 5.50. The summed E-state index contributed by atoms with van der Waals surface area (Å²) in [5, 5.41) is 10.5. The fraction of sp³-hybridized carbons (Fsp3) is 0.583. The van der Waals surface area contributed by atoms with Gasteiger partial charge >= 0.3 is 0 Å². The lowest BCUT2D eigenvalue weighted by Crippen LogP contribution is -2.39. The average Bonchev–Trinajstić information content (AvgIpc) is 2.17. The van der Waals surface area contributed by atoms with E-state index >= 15 is 0 Å². The van der Waals surface area contributed by atoms with Crippen molar-refractivity contribution < 1.29 is 5.11 Å². The van der Waals surface area contributed by atoms with Gasteiger partial charge in [0.15, 0.2) is 0 Å². The molecule has 1 aromatic heterocycles. The molecule has 0 bridgehead atoms. The van der Waals surface area contributed by atoms with Crippen LogP contribution < -0.4 is 5.73 Å². The molecule has 2 atom stereocenters. The molecule has 3 nitrogen and oxygen atoms in total. The van der Waals surface area contributed by atoms with Crippen LogP contribution in [-0.4, -0.2) is 16.1 Å². The molecule has 1 aromatic rings. The molecule has 0 amide bonds. The molecule has 0 spiro atoms. The third-order valence-electron chi connectivity index (χ3n) is 3.18. The van der Waals surface area contributed by atoms with Crippen LogP contribution >= 0.6 is 0 Å². The smallest absolute Gasteiger partial charge is 0.0926 e. The maximum atomic E-state index is 10.5. The predicted octanol–water partition coefficient (Wildman–Crippen LogP) is 1.48. The van der Waals surface area contributed by atoms with Crippen LogP contribution in [0.4, 0.5) is 0 Å². The topological polar surface area (TPSA) is 59.1 Å². The quantitative estimate of drug-likeness (QED) is 0.731. The Kier molecular flexibility index (Phi) is 2.76. The first kappa shape index (κ1) is 10.6. The number of aliphatic hydroxyl groups is 1. The normalized spacial score (nSPS) is 31.5. The van der Waals surface area contributed by atoms with Crippen molar-refractivity contribution in [2.75, 3.05) is 0 Å². The zero-order valence-electron chi connectivity index (χ0n) is 9.11. The van der Waals surface area contributed by atoms with E-state index in [1.165, 1.54) is 0 Å². The van der Waals surface area contributed by atoms with Crippen LogP contribution in [0.25, 0.3) is 0 Å². The summed E-state index contributed by atoms with van der Waals surface area (Å²) >= 11 is 0. The minimum atomic E-state index is -0.753. The highest BCUT2D eigenvalue weighted by Gasteiger charge is 2.34. The lowest BCUT2D eigenvalue weighted by molar-refractivity contribution is -0.00750. The van der Waals surface area contributed by atoms with Gasteiger partial charge in [0, 0.05) is 24.0 Å². The summed E-state index contributed by atoms with van der Waals surface area (Å²) in [6.07, 6.45) is 7.01. The number of aryl methyl sites for hydroxylation is 1. The zero-order valence-corrected chi connectivity index (χ0v) is 9.11. The molecule has 15 heavy (non-hydrogen) atoms. The Labute approximate surface area is 90.3 Å². The Balaban J connectivity index is 2.28. The van der Waals surface area contributed by atoms with Crippen LogP contribution in [0.2, 0.25) is 0 Å². The fourth-order valence-corrected chi connectivity index (χ4v) is 2.37. The number of aromatic nitrogens is 1. The van der Waals surface area contributed by atoms with E-state index in [2.05, 4.69) is 4.98 Å². The van der Waals surface area contributed by atoms with Crippen LogP contribution in [0.3, 0.4) is 0 Å². The molecule has 2 rings (SSSR count). The van der Waals surface area contributed by atoms with Gasteiger partial charge in [-0.25, -0.2) is 0 Å². The van der Waals surface area contributed by atoms with Crippen LogP contribution in [0.15, 0.2) is 18.5 Å². The third-order valence-corrected chi connectivity index (χ3v) is 3.18.